The van der Waals surface area contributed by atoms with Gasteiger partial charge in [0.2, 0.25) is 6.71 Å². The molecule has 41 heavy (non-hydrogen) atoms. The van der Waals surface area contributed by atoms with Crippen LogP contribution in [0.1, 0.15) is 71.3 Å². The number of hydrogen-bond donors (Lipinski definition) is 1. The molecule has 3 aromatic carbocycles. The highest BCUT2D eigenvalue weighted by atomic mass is 28.3. The van der Waals surface area contributed by atoms with Crippen LogP contribution in [0.15, 0.2) is 65.5 Å². The Morgan fingerprint density at radius 2 is 1.17 bits per heavy atom. The van der Waals surface area contributed by atoms with Crippen molar-refractivity contribution >= 4 is 31.2 Å². The average molecular weight is 562 g/mol. The van der Waals surface area contributed by atoms with Gasteiger partial charge in [-0.3, -0.25) is 0 Å². The summed E-state index contributed by atoms with van der Waals surface area (Å²) in [5.74, 6) is 1.14. The van der Waals surface area contributed by atoms with E-state index in [9.17, 15) is 0 Å². The van der Waals surface area contributed by atoms with Crippen LogP contribution in [0.25, 0.3) is 0 Å². The van der Waals surface area contributed by atoms with Crippen LogP contribution in [0.3, 0.4) is 0 Å². The zero-order chi connectivity index (χ0) is 30.4. The molecular formula is C38H52BNSi. The molecule has 0 saturated carbocycles. The first kappa shape index (κ1) is 31.2. The van der Waals surface area contributed by atoms with E-state index < -0.39 is 8.07 Å². The van der Waals surface area contributed by atoms with E-state index in [0.29, 0.717) is 11.8 Å². The lowest BCUT2D eigenvalue weighted by Gasteiger charge is -2.35. The van der Waals surface area contributed by atoms with E-state index >= 15 is 0 Å². The van der Waals surface area contributed by atoms with Gasteiger partial charge in [-0.1, -0.05) is 139 Å². The fraction of sp³-hybridized carbons (Fsp3) is 0.421. The Balaban J connectivity index is 1.94. The number of aryl methyl sites for hydroxylation is 7. The number of hydrogen-bond acceptors (Lipinski definition) is 1. The zero-order valence-corrected chi connectivity index (χ0v) is 29.0. The Labute approximate surface area is 252 Å². The van der Waals surface area contributed by atoms with Crippen molar-refractivity contribution in [2.45, 2.75) is 94.9 Å². The largest absolute Gasteiger partial charge is 0.381 e. The van der Waals surface area contributed by atoms with Crippen LogP contribution in [0.4, 0.5) is 0 Å². The molecule has 0 fully saturated rings. The van der Waals surface area contributed by atoms with E-state index in [1.165, 1.54) is 60.9 Å². The molecule has 0 spiro atoms. The van der Waals surface area contributed by atoms with Gasteiger partial charge >= 0.3 is 0 Å². The van der Waals surface area contributed by atoms with Crippen molar-refractivity contribution < 1.29 is 0 Å². The van der Waals surface area contributed by atoms with Gasteiger partial charge in [-0.2, -0.15) is 0 Å². The molecule has 0 bridgehead atoms. The highest BCUT2D eigenvalue weighted by Gasteiger charge is 2.32. The minimum absolute atomic E-state index is 0.173. The Bertz CT molecular complexity index is 1410. The van der Waals surface area contributed by atoms with Crippen molar-refractivity contribution in [3.05, 3.63) is 110 Å². The highest BCUT2D eigenvalue weighted by molar-refractivity contribution is 6.96. The third-order valence-corrected chi connectivity index (χ3v) is 11.4. The predicted octanol–water partition coefficient (Wildman–Crippen LogP) is 7.99. The smallest absolute Gasteiger partial charge is 0.242 e. The lowest BCUT2D eigenvalue weighted by molar-refractivity contribution is 0.479. The van der Waals surface area contributed by atoms with Gasteiger partial charge in [0, 0.05) is 0 Å². The first-order valence-electron chi connectivity index (χ1n) is 15.5. The van der Waals surface area contributed by atoms with Crippen LogP contribution in [0.5, 0.6) is 0 Å². The molecule has 0 radical (unpaired) electrons. The van der Waals surface area contributed by atoms with Gasteiger partial charge in [0.15, 0.2) is 0 Å². The molecule has 1 heterocycles. The quantitative estimate of drug-likeness (QED) is 0.288. The minimum Gasteiger partial charge on any atom is -0.381 e. The molecular weight excluding hydrogens is 509 g/mol. The van der Waals surface area contributed by atoms with Gasteiger partial charge in [0.1, 0.15) is 0 Å². The second-order valence-electron chi connectivity index (χ2n) is 14.3. The summed E-state index contributed by atoms with van der Waals surface area (Å²) in [6, 6.07) is 16.9. The molecule has 0 amide bonds. The Hall–Kier alpha value is -2.78. The van der Waals surface area contributed by atoms with Crippen molar-refractivity contribution in [2.24, 2.45) is 11.8 Å². The van der Waals surface area contributed by atoms with Gasteiger partial charge in [0.25, 0.3) is 0 Å². The predicted molar refractivity (Wildman–Crippen MR) is 187 cm³/mol. The second kappa shape index (κ2) is 11.8. The molecule has 0 saturated heterocycles. The van der Waals surface area contributed by atoms with Gasteiger partial charge < -0.3 is 5.32 Å². The molecule has 0 aliphatic carbocycles. The Morgan fingerprint density at radius 1 is 0.683 bits per heavy atom. The third kappa shape index (κ3) is 6.36. The first-order valence-corrected chi connectivity index (χ1v) is 19.0. The van der Waals surface area contributed by atoms with Gasteiger partial charge in [0.05, 0.1) is 14.1 Å². The molecule has 4 rings (SSSR count). The maximum absolute atomic E-state index is 3.86. The van der Waals surface area contributed by atoms with E-state index in [-0.39, 0.29) is 12.8 Å². The number of allylic oxidation sites excluding steroid dienone is 2. The SMILES string of the molecule is Cc1cc(C)c(B(c2ccc(C)c(C3C=C(C(C)C(C)C)C([Si](C)(C)C)=CN3)c2)c2c(C)cc(C)cc2C)c(C)c1. The Morgan fingerprint density at radius 3 is 1.61 bits per heavy atom. The zero-order valence-electron chi connectivity index (χ0n) is 28.0. The molecule has 2 atom stereocenters. The minimum atomic E-state index is -1.49. The summed E-state index contributed by atoms with van der Waals surface area (Å²) in [5, 5.41) is 5.43. The highest BCUT2D eigenvalue weighted by Crippen LogP contribution is 2.37. The fourth-order valence-electron chi connectivity index (χ4n) is 7.10. The molecule has 2 unspecified atom stereocenters. The number of benzene rings is 3. The topological polar surface area (TPSA) is 12.0 Å². The second-order valence-corrected chi connectivity index (χ2v) is 19.3. The van der Waals surface area contributed by atoms with Crippen molar-refractivity contribution in [2.75, 3.05) is 0 Å². The van der Waals surface area contributed by atoms with Crippen LogP contribution in [0.2, 0.25) is 19.6 Å². The van der Waals surface area contributed by atoms with Crippen LogP contribution in [0, 0.1) is 60.3 Å². The van der Waals surface area contributed by atoms with Crippen molar-refractivity contribution in [1.29, 1.82) is 0 Å². The Kier molecular flexibility index (Phi) is 9.00. The van der Waals surface area contributed by atoms with E-state index in [2.05, 4.69) is 149 Å². The van der Waals surface area contributed by atoms with Crippen molar-refractivity contribution in [1.82, 2.24) is 5.32 Å². The first-order chi connectivity index (χ1) is 19.1. The summed E-state index contributed by atoms with van der Waals surface area (Å²) in [5.41, 5.74) is 16.7. The standard InChI is InChI=1S/C38H52BNSi/c1-23(2)31(10)34-21-35(40-22-36(34)41(11,12)13)33-20-32(15-14-26(33)5)39(37-27(6)16-24(3)17-28(37)7)38-29(8)18-25(4)19-30(38)9/h14-23,31,35,40H,1-13H3. The normalized spacial score (nSPS) is 16.3. The molecule has 216 valence electrons. The number of dihydropyridines is 1. The van der Waals surface area contributed by atoms with Gasteiger partial charge in [-0.15, -0.1) is 0 Å². The number of rotatable bonds is 7. The molecule has 1 N–H and O–H groups in total. The molecule has 3 heteroatoms. The van der Waals surface area contributed by atoms with Crippen LogP contribution >= 0.6 is 0 Å². The van der Waals surface area contributed by atoms with Crippen LogP contribution in [-0.4, -0.2) is 14.8 Å². The van der Waals surface area contributed by atoms with E-state index in [4.69, 9.17) is 0 Å². The van der Waals surface area contributed by atoms with E-state index in [0.717, 1.165) is 0 Å². The molecule has 1 aliphatic rings. The van der Waals surface area contributed by atoms with Crippen molar-refractivity contribution in [3.63, 3.8) is 0 Å². The molecule has 0 aromatic heterocycles. The summed E-state index contributed by atoms with van der Waals surface area (Å²) < 4.78 is 0. The lowest BCUT2D eigenvalue weighted by Crippen LogP contribution is -2.56. The summed E-state index contributed by atoms with van der Waals surface area (Å²) in [6.45, 7) is 30.6. The van der Waals surface area contributed by atoms with Gasteiger partial charge in [-0.05, 0) is 88.4 Å². The summed E-state index contributed by atoms with van der Waals surface area (Å²) >= 11 is 0. The van der Waals surface area contributed by atoms with Crippen LogP contribution < -0.4 is 21.7 Å². The number of nitrogens with one attached hydrogen (secondary N) is 1. The summed E-state index contributed by atoms with van der Waals surface area (Å²) in [6.07, 6.45) is 4.93. The summed E-state index contributed by atoms with van der Waals surface area (Å²) in [7, 11) is -1.49. The third-order valence-electron chi connectivity index (χ3n) is 9.39. The summed E-state index contributed by atoms with van der Waals surface area (Å²) in [4.78, 5) is 0. The maximum atomic E-state index is 3.86. The van der Waals surface area contributed by atoms with Gasteiger partial charge in [-0.25, -0.2) is 0 Å². The van der Waals surface area contributed by atoms with Crippen LogP contribution in [-0.2, 0) is 0 Å². The van der Waals surface area contributed by atoms with Crippen molar-refractivity contribution in [3.8, 4) is 0 Å². The monoisotopic (exact) mass is 561 g/mol. The lowest BCUT2D eigenvalue weighted by atomic mass is 9.34. The fourth-order valence-corrected chi connectivity index (χ4v) is 8.80. The van der Waals surface area contributed by atoms with E-state index in [1.807, 2.05) is 0 Å². The molecule has 1 aliphatic heterocycles. The maximum Gasteiger partial charge on any atom is 0.242 e. The van der Waals surface area contributed by atoms with E-state index in [1.54, 1.807) is 10.8 Å². The average Bonchev–Trinajstić information content (AvgIpc) is 2.85. The molecule has 1 nitrogen and oxygen atoms in total. The molecule has 3 aromatic rings.